The third-order valence-electron chi connectivity index (χ3n) is 2.99. The van der Waals surface area contributed by atoms with Gasteiger partial charge in [0.05, 0.1) is 5.69 Å². The first kappa shape index (κ1) is 17.9. The van der Waals surface area contributed by atoms with Crippen molar-refractivity contribution in [3.05, 3.63) is 41.0 Å². The van der Waals surface area contributed by atoms with Gasteiger partial charge in [-0.2, -0.15) is 5.26 Å². The smallest absolute Gasteiger partial charge is 0.144 e. The van der Waals surface area contributed by atoms with Gasteiger partial charge in [-0.3, -0.25) is 0 Å². The number of aromatic nitrogens is 1. The molecule has 0 fully saturated rings. The molecule has 0 unspecified atom stereocenters. The van der Waals surface area contributed by atoms with Crippen LogP contribution < -0.4 is 11.5 Å². The van der Waals surface area contributed by atoms with Crippen molar-refractivity contribution in [1.29, 1.82) is 5.26 Å². The molecule has 2 aromatic rings. The van der Waals surface area contributed by atoms with Crippen LogP contribution >= 0.6 is 11.8 Å². The molecular weight excluding hydrogens is 292 g/mol. The molecule has 0 radical (unpaired) electrons. The molecule has 22 heavy (non-hydrogen) atoms. The van der Waals surface area contributed by atoms with Crippen LogP contribution in [-0.4, -0.2) is 4.98 Å². The third kappa shape index (κ3) is 3.34. The first-order valence-electron chi connectivity index (χ1n) is 7.44. The fourth-order valence-electron chi connectivity index (χ4n) is 2.05. The minimum Gasteiger partial charge on any atom is -0.397 e. The monoisotopic (exact) mass is 314 g/mol. The summed E-state index contributed by atoms with van der Waals surface area (Å²) in [5, 5.41) is 9.85. The Labute approximate surface area is 136 Å². The molecule has 1 aromatic heterocycles. The van der Waals surface area contributed by atoms with Crippen LogP contribution in [0.3, 0.4) is 0 Å². The molecule has 4 N–H and O–H groups in total. The number of fused-ring (bicyclic) bond motifs is 2. The topological polar surface area (TPSA) is 88.7 Å². The van der Waals surface area contributed by atoms with Crippen LogP contribution in [0.5, 0.6) is 0 Å². The van der Waals surface area contributed by atoms with Crippen molar-refractivity contribution in [3.63, 3.8) is 0 Å². The second kappa shape index (κ2) is 8.30. The predicted molar refractivity (Wildman–Crippen MR) is 93.8 cm³/mol. The highest BCUT2D eigenvalue weighted by Crippen LogP contribution is 2.42. The SMILES string of the molecule is CC.CC.N#Cc1c(N)nc2c(c1N)Cc1ccccc1S2. The summed E-state index contributed by atoms with van der Waals surface area (Å²) in [6.45, 7) is 8.00. The van der Waals surface area contributed by atoms with E-state index in [-0.39, 0.29) is 11.4 Å². The van der Waals surface area contributed by atoms with E-state index < -0.39 is 0 Å². The number of nitrogens with two attached hydrogens (primary N) is 2. The van der Waals surface area contributed by atoms with E-state index in [1.807, 2.05) is 45.9 Å². The van der Waals surface area contributed by atoms with Gasteiger partial charge in [0.25, 0.3) is 0 Å². The van der Waals surface area contributed by atoms with Gasteiger partial charge in [-0.05, 0) is 11.6 Å². The quantitative estimate of drug-likeness (QED) is 0.648. The molecule has 0 bridgehead atoms. The van der Waals surface area contributed by atoms with Crippen molar-refractivity contribution >= 4 is 23.3 Å². The highest BCUT2D eigenvalue weighted by molar-refractivity contribution is 7.99. The lowest BCUT2D eigenvalue weighted by Gasteiger charge is -2.20. The largest absolute Gasteiger partial charge is 0.397 e. The Bertz CT molecular complexity index is 690. The van der Waals surface area contributed by atoms with Gasteiger partial charge in [0, 0.05) is 16.9 Å². The predicted octanol–water partition coefficient (Wildman–Crippen LogP) is 4.23. The Morgan fingerprint density at radius 2 is 1.77 bits per heavy atom. The zero-order valence-corrected chi connectivity index (χ0v) is 14.3. The molecular formula is C17H22N4S. The van der Waals surface area contributed by atoms with E-state index in [1.54, 1.807) is 11.8 Å². The second-order valence-corrected chi connectivity index (χ2v) is 5.10. The number of nitrogens with zero attached hydrogens (tertiary/aromatic N) is 2. The van der Waals surface area contributed by atoms with E-state index in [9.17, 15) is 0 Å². The van der Waals surface area contributed by atoms with Gasteiger partial charge < -0.3 is 11.5 Å². The molecule has 0 saturated carbocycles. The molecule has 1 aliphatic heterocycles. The van der Waals surface area contributed by atoms with E-state index in [2.05, 4.69) is 17.1 Å². The van der Waals surface area contributed by atoms with E-state index in [0.717, 1.165) is 10.6 Å². The molecule has 0 amide bonds. The average molecular weight is 314 g/mol. The van der Waals surface area contributed by atoms with Crippen LogP contribution in [0.25, 0.3) is 0 Å². The standard InChI is InChI=1S/C13H10N4S.2C2H6/c14-6-9-11(15)8-5-7-3-1-2-4-10(7)18-13(8)17-12(9)16;2*1-2/h1-4H,5H2,(H4,15,16,17);2*1-2H3. The van der Waals surface area contributed by atoms with Crippen LogP contribution in [-0.2, 0) is 6.42 Å². The van der Waals surface area contributed by atoms with Crippen molar-refractivity contribution in [2.75, 3.05) is 11.5 Å². The molecule has 0 atom stereocenters. The maximum absolute atomic E-state index is 9.04. The normalized spacial score (nSPS) is 10.7. The summed E-state index contributed by atoms with van der Waals surface area (Å²) in [7, 11) is 0. The number of nitrogen functional groups attached to an aromatic ring is 2. The Kier molecular flexibility index (Phi) is 6.74. The number of hydrogen-bond acceptors (Lipinski definition) is 5. The van der Waals surface area contributed by atoms with Crippen LogP contribution in [0, 0.1) is 11.3 Å². The summed E-state index contributed by atoms with van der Waals surface area (Å²) in [6.07, 6.45) is 0.701. The summed E-state index contributed by atoms with van der Waals surface area (Å²) in [6, 6.07) is 10.1. The molecule has 0 saturated heterocycles. The van der Waals surface area contributed by atoms with E-state index >= 15 is 0 Å². The van der Waals surface area contributed by atoms with E-state index in [4.69, 9.17) is 16.7 Å². The first-order chi connectivity index (χ1) is 10.7. The van der Waals surface area contributed by atoms with Crippen LogP contribution in [0.15, 0.2) is 34.2 Å². The summed E-state index contributed by atoms with van der Waals surface area (Å²) < 4.78 is 0. The molecule has 2 heterocycles. The summed E-state index contributed by atoms with van der Waals surface area (Å²) in [5.41, 5.74) is 14.6. The Balaban J connectivity index is 0.000000561. The Morgan fingerprint density at radius 3 is 2.41 bits per heavy atom. The van der Waals surface area contributed by atoms with Gasteiger partial charge >= 0.3 is 0 Å². The number of hydrogen-bond donors (Lipinski definition) is 2. The highest BCUT2D eigenvalue weighted by atomic mass is 32.2. The molecule has 5 heteroatoms. The van der Waals surface area contributed by atoms with Gasteiger partial charge in [0.2, 0.25) is 0 Å². The number of rotatable bonds is 0. The Morgan fingerprint density at radius 1 is 1.14 bits per heavy atom. The lowest BCUT2D eigenvalue weighted by molar-refractivity contribution is 0.983. The molecule has 3 rings (SSSR count). The molecule has 0 aliphatic carbocycles. The van der Waals surface area contributed by atoms with Gasteiger partial charge in [-0.1, -0.05) is 57.7 Å². The van der Waals surface area contributed by atoms with Crippen LogP contribution in [0.4, 0.5) is 11.5 Å². The average Bonchev–Trinajstić information content (AvgIpc) is 2.57. The summed E-state index contributed by atoms with van der Waals surface area (Å²) in [5.74, 6) is 0.209. The van der Waals surface area contributed by atoms with Gasteiger partial charge in [0.15, 0.2) is 0 Å². The van der Waals surface area contributed by atoms with Crippen molar-refractivity contribution in [2.45, 2.75) is 44.0 Å². The fraction of sp³-hybridized carbons (Fsp3) is 0.294. The Hall–Kier alpha value is -2.19. The van der Waals surface area contributed by atoms with Gasteiger partial charge in [-0.15, -0.1) is 0 Å². The highest BCUT2D eigenvalue weighted by Gasteiger charge is 2.22. The van der Waals surface area contributed by atoms with E-state index in [0.29, 0.717) is 12.1 Å². The van der Waals surface area contributed by atoms with Crippen LogP contribution in [0.2, 0.25) is 0 Å². The second-order valence-electron chi connectivity index (χ2n) is 4.07. The molecule has 1 aliphatic rings. The number of pyridine rings is 1. The number of nitriles is 1. The summed E-state index contributed by atoms with van der Waals surface area (Å²) >= 11 is 1.55. The number of benzene rings is 1. The molecule has 0 spiro atoms. The third-order valence-corrected chi connectivity index (χ3v) is 4.14. The zero-order chi connectivity index (χ0) is 16.7. The fourth-order valence-corrected chi connectivity index (χ4v) is 3.13. The van der Waals surface area contributed by atoms with Crippen molar-refractivity contribution in [2.24, 2.45) is 0 Å². The molecule has 1 aromatic carbocycles. The van der Waals surface area contributed by atoms with Crippen molar-refractivity contribution in [1.82, 2.24) is 4.98 Å². The summed E-state index contributed by atoms with van der Waals surface area (Å²) in [4.78, 5) is 5.45. The van der Waals surface area contributed by atoms with E-state index in [1.165, 1.54) is 10.5 Å². The number of anilines is 2. The zero-order valence-electron chi connectivity index (χ0n) is 13.5. The van der Waals surface area contributed by atoms with Crippen molar-refractivity contribution < 1.29 is 0 Å². The minimum atomic E-state index is 0.209. The lowest BCUT2D eigenvalue weighted by Crippen LogP contribution is -2.10. The molecule has 116 valence electrons. The maximum atomic E-state index is 9.04. The minimum absolute atomic E-state index is 0.209. The first-order valence-corrected chi connectivity index (χ1v) is 8.26. The van der Waals surface area contributed by atoms with Crippen molar-refractivity contribution in [3.8, 4) is 6.07 Å². The lowest BCUT2D eigenvalue weighted by atomic mass is 10.0. The maximum Gasteiger partial charge on any atom is 0.144 e. The van der Waals surface area contributed by atoms with Crippen LogP contribution in [0.1, 0.15) is 44.4 Å². The van der Waals surface area contributed by atoms with Gasteiger partial charge in [0.1, 0.15) is 22.5 Å². The van der Waals surface area contributed by atoms with Gasteiger partial charge in [-0.25, -0.2) is 4.98 Å². The molecule has 4 nitrogen and oxygen atoms in total.